The van der Waals surface area contributed by atoms with E-state index in [-0.39, 0.29) is 17.7 Å². The van der Waals surface area contributed by atoms with Gasteiger partial charge in [0.15, 0.2) is 5.13 Å². The van der Waals surface area contributed by atoms with E-state index in [1.54, 1.807) is 0 Å². The molecule has 1 aromatic heterocycles. The predicted molar refractivity (Wildman–Crippen MR) is 103 cm³/mol. The van der Waals surface area contributed by atoms with E-state index in [2.05, 4.69) is 15.6 Å². The summed E-state index contributed by atoms with van der Waals surface area (Å²) in [5.74, 6) is 0.478. The van der Waals surface area contributed by atoms with Crippen molar-refractivity contribution >= 4 is 44.2 Å². The first-order valence-corrected chi connectivity index (χ1v) is 9.84. The number of aromatic nitrogens is 1. The Balaban J connectivity index is 1.64. The fourth-order valence-electron chi connectivity index (χ4n) is 3.17. The molecule has 2 N–H and O–H groups in total. The Morgan fingerprint density at radius 1 is 1.20 bits per heavy atom. The molecule has 2 amide bonds. The highest BCUT2D eigenvalue weighted by molar-refractivity contribution is 7.22. The monoisotopic (exact) mass is 359 g/mol. The number of fused-ring (bicyclic) bond motifs is 1. The SMILES string of the molecule is CC(C)C(=O)Nc1nc2cc(NC(=O)CC3CCCCC3)ccc2s1. The van der Waals surface area contributed by atoms with Gasteiger partial charge in [0.05, 0.1) is 10.2 Å². The summed E-state index contributed by atoms with van der Waals surface area (Å²) in [6.45, 7) is 3.70. The summed E-state index contributed by atoms with van der Waals surface area (Å²) in [6, 6.07) is 5.71. The highest BCUT2D eigenvalue weighted by Crippen LogP contribution is 2.29. The van der Waals surface area contributed by atoms with Crippen LogP contribution in [0.1, 0.15) is 52.4 Å². The fraction of sp³-hybridized carbons (Fsp3) is 0.526. The first kappa shape index (κ1) is 17.9. The number of nitrogens with one attached hydrogen (secondary N) is 2. The zero-order chi connectivity index (χ0) is 17.8. The van der Waals surface area contributed by atoms with Crippen molar-refractivity contribution in [2.75, 3.05) is 10.6 Å². The summed E-state index contributed by atoms with van der Waals surface area (Å²) in [7, 11) is 0. The molecule has 0 aliphatic heterocycles. The standard InChI is InChI=1S/C19H25N3O2S/c1-12(2)18(24)22-19-21-15-11-14(8-9-16(15)25-19)20-17(23)10-13-6-4-3-5-7-13/h8-9,11-13H,3-7,10H2,1-2H3,(H,20,23)(H,21,22,24). The molecule has 1 aliphatic carbocycles. The van der Waals surface area contributed by atoms with Crippen LogP contribution in [-0.2, 0) is 9.59 Å². The second-order valence-corrected chi connectivity index (χ2v) is 8.13. The molecule has 6 heteroatoms. The molecule has 0 atom stereocenters. The summed E-state index contributed by atoms with van der Waals surface area (Å²) in [5, 5.41) is 6.41. The maximum atomic E-state index is 12.3. The molecular weight excluding hydrogens is 334 g/mol. The molecule has 0 spiro atoms. The number of anilines is 2. The molecule has 1 heterocycles. The molecule has 0 bridgehead atoms. The summed E-state index contributed by atoms with van der Waals surface area (Å²) >= 11 is 1.44. The van der Waals surface area contributed by atoms with Gasteiger partial charge in [0, 0.05) is 18.0 Å². The van der Waals surface area contributed by atoms with Crippen LogP contribution in [0.3, 0.4) is 0 Å². The van der Waals surface area contributed by atoms with Crippen LogP contribution in [0.15, 0.2) is 18.2 Å². The van der Waals surface area contributed by atoms with Gasteiger partial charge in [-0.25, -0.2) is 4.98 Å². The van der Waals surface area contributed by atoms with Gasteiger partial charge in [-0.15, -0.1) is 0 Å². The van der Waals surface area contributed by atoms with Crippen LogP contribution in [0, 0.1) is 11.8 Å². The number of carbonyl (C=O) groups excluding carboxylic acids is 2. The minimum atomic E-state index is -0.0818. The van der Waals surface area contributed by atoms with E-state index >= 15 is 0 Å². The number of hydrogen-bond acceptors (Lipinski definition) is 4. The molecule has 0 unspecified atom stereocenters. The molecule has 5 nitrogen and oxygen atoms in total. The van der Waals surface area contributed by atoms with Crippen LogP contribution in [-0.4, -0.2) is 16.8 Å². The van der Waals surface area contributed by atoms with E-state index in [9.17, 15) is 9.59 Å². The molecule has 1 saturated carbocycles. The molecule has 2 aromatic rings. The number of nitrogens with zero attached hydrogens (tertiary/aromatic N) is 1. The topological polar surface area (TPSA) is 71.1 Å². The maximum absolute atomic E-state index is 12.3. The van der Waals surface area contributed by atoms with Crippen LogP contribution in [0.5, 0.6) is 0 Å². The summed E-state index contributed by atoms with van der Waals surface area (Å²) in [5.41, 5.74) is 1.56. The fourth-order valence-corrected chi connectivity index (χ4v) is 4.02. The molecule has 1 fully saturated rings. The van der Waals surface area contributed by atoms with Crippen LogP contribution < -0.4 is 10.6 Å². The van der Waals surface area contributed by atoms with Crippen LogP contribution in [0.4, 0.5) is 10.8 Å². The average Bonchev–Trinajstić information content (AvgIpc) is 2.97. The van der Waals surface area contributed by atoms with Gasteiger partial charge in [0.2, 0.25) is 11.8 Å². The van der Waals surface area contributed by atoms with E-state index in [0.29, 0.717) is 17.5 Å². The van der Waals surface area contributed by atoms with Crippen molar-refractivity contribution in [3.8, 4) is 0 Å². The third-order valence-electron chi connectivity index (χ3n) is 4.62. The lowest BCUT2D eigenvalue weighted by Crippen LogP contribution is -2.18. The number of rotatable bonds is 5. The Kier molecular flexibility index (Phi) is 5.68. The number of carbonyl (C=O) groups is 2. The van der Waals surface area contributed by atoms with E-state index in [0.717, 1.165) is 28.7 Å². The molecule has 1 aliphatic rings. The highest BCUT2D eigenvalue weighted by Gasteiger charge is 2.17. The first-order valence-electron chi connectivity index (χ1n) is 9.02. The average molecular weight is 359 g/mol. The molecule has 3 rings (SSSR count). The van der Waals surface area contributed by atoms with Gasteiger partial charge < -0.3 is 10.6 Å². The minimum Gasteiger partial charge on any atom is -0.326 e. The Labute approximate surface area is 152 Å². The van der Waals surface area contributed by atoms with Crippen LogP contribution in [0.2, 0.25) is 0 Å². The molecule has 0 saturated heterocycles. The zero-order valence-corrected chi connectivity index (χ0v) is 15.6. The number of benzene rings is 1. The normalized spacial score (nSPS) is 15.5. The van der Waals surface area contributed by atoms with Crippen molar-refractivity contribution in [2.24, 2.45) is 11.8 Å². The third-order valence-corrected chi connectivity index (χ3v) is 5.58. The van der Waals surface area contributed by atoms with Crippen LogP contribution in [0.25, 0.3) is 10.2 Å². The molecule has 1 aromatic carbocycles. The van der Waals surface area contributed by atoms with Crippen molar-refractivity contribution in [3.63, 3.8) is 0 Å². The Morgan fingerprint density at radius 3 is 2.68 bits per heavy atom. The zero-order valence-electron chi connectivity index (χ0n) is 14.8. The summed E-state index contributed by atoms with van der Waals surface area (Å²) < 4.78 is 0.990. The van der Waals surface area contributed by atoms with Crippen molar-refractivity contribution in [3.05, 3.63) is 18.2 Å². The minimum absolute atomic E-state index is 0.0416. The third kappa shape index (κ3) is 4.78. The van der Waals surface area contributed by atoms with Gasteiger partial charge in [-0.05, 0) is 37.0 Å². The quantitative estimate of drug-likeness (QED) is 0.805. The van der Waals surface area contributed by atoms with Crippen molar-refractivity contribution in [1.29, 1.82) is 0 Å². The van der Waals surface area contributed by atoms with E-state index in [1.165, 1.54) is 30.6 Å². The lowest BCUT2D eigenvalue weighted by Gasteiger charge is -2.20. The van der Waals surface area contributed by atoms with Crippen molar-refractivity contribution in [1.82, 2.24) is 4.98 Å². The summed E-state index contributed by atoms with van der Waals surface area (Å²) in [4.78, 5) is 28.5. The Bertz CT molecular complexity index is 763. The summed E-state index contributed by atoms with van der Waals surface area (Å²) in [6.07, 6.45) is 6.72. The van der Waals surface area contributed by atoms with E-state index < -0.39 is 0 Å². The van der Waals surface area contributed by atoms with Crippen molar-refractivity contribution in [2.45, 2.75) is 52.4 Å². The first-order chi connectivity index (χ1) is 12.0. The second kappa shape index (κ2) is 7.95. The maximum Gasteiger partial charge on any atom is 0.228 e. The molecule has 134 valence electrons. The van der Waals surface area contributed by atoms with Crippen LogP contribution >= 0.6 is 11.3 Å². The largest absolute Gasteiger partial charge is 0.326 e. The van der Waals surface area contributed by atoms with Gasteiger partial charge in [-0.3, -0.25) is 9.59 Å². The smallest absolute Gasteiger partial charge is 0.228 e. The number of amides is 2. The van der Waals surface area contributed by atoms with Crippen molar-refractivity contribution < 1.29 is 9.59 Å². The lowest BCUT2D eigenvalue weighted by atomic mass is 9.87. The van der Waals surface area contributed by atoms with E-state index in [1.807, 2.05) is 32.0 Å². The van der Waals surface area contributed by atoms with Gasteiger partial charge in [-0.1, -0.05) is 44.4 Å². The molecular formula is C19H25N3O2S. The number of hydrogen-bond donors (Lipinski definition) is 2. The molecule has 0 radical (unpaired) electrons. The van der Waals surface area contributed by atoms with E-state index in [4.69, 9.17) is 0 Å². The highest BCUT2D eigenvalue weighted by atomic mass is 32.1. The van der Waals surface area contributed by atoms with Gasteiger partial charge in [-0.2, -0.15) is 0 Å². The lowest BCUT2D eigenvalue weighted by molar-refractivity contribution is -0.119. The van der Waals surface area contributed by atoms with Gasteiger partial charge >= 0.3 is 0 Å². The Hall–Kier alpha value is -1.95. The Morgan fingerprint density at radius 2 is 1.96 bits per heavy atom. The predicted octanol–water partition coefficient (Wildman–Crippen LogP) is 4.80. The number of thiazole rings is 1. The second-order valence-electron chi connectivity index (χ2n) is 7.10. The van der Waals surface area contributed by atoms with Gasteiger partial charge in [0.25, 0.3) is 0 Å². The van der Waals surface area contributed by atoms with Gasteiger partial charge in [0.1, 0.15) is 0 Å². The molecule has 25 heavy (non-hydrogen) atoms.